The molecule has 2 aliphatic rings. The van der Waals surface area contributed by atoms with Crippen molar-refractivity contribution >= 4 is 35.4 Å². The lowest BCUT2D eigenvalue weighted by atomic mass is 10.1. The molecule has 2 rings (SSSR count). The Morgan fingerprint density at radius 2 is 2.06 bits per heavy atom. The van der Waals surface area contributed by atoms with Crippen LogP contribution in [0.5, 0.6) is 0 Å². The van der Waals surface area contributed by atoms with Gasteiger partial charge >= 0.3 is 0 Å². The summed E-state index contributed by atoms with van der Waals surface area (Å²) in [5, 5.41) is 2.65. The van der Waals surface area contributed by atoms with Crippen molar-refractivity contribution in [2.75, 3.05) is 7.05 Å². The maximum Gasteiger partial charge on any atom is 0.246 e. The first-order chi connectivity index (χ1) is 8.09. The summed E-state index contributed by atoms with van der Waals surface area (Å²) in [5.41, 5.74) is 0. The zero-order valence-corrected chi connectivity index (χ0v) is 10.5. The van der Waals surface area contributed by atoms with E-state index in [2.05, 4.69) is 10.3 Å². The van der Waals surface area contributed by atoms with E-state index in [0.717, 1.165) is 12.8 Å². The predicted octanol–water partition coefficient (Wildman–Crippen LogP) is 0.489. The molecule has 1 heterocycles. The van der Waals surface area contributed by atoms with Crippen LogP contribution >= 0.6 is 12.2 Å². The summed E-state index contributed by atoms with van der Waals surface area (Å²) < 4.78 is 0. The van der Waals surface area contributed by atoms with Gasteiger partial charge < -0.3 is 5.32 Å². The van der Waals surface area contributed by atoms with Crippen molar-refractivity contribution in [1.29, 1.82) is 0 Å². The highest BCUT2D eigenvalue weighted by molar-refractivity contribution is 7.80. The first-order valence-electron chi connectivity index (χ1n) is 5.75. The van der Waals surface area contributed by atoms with Crippen molar-refractivity contribution in [2.45, 2.75) is 31.7 Å². The first kappa shape index (κ1) is 12.2. The Kier molecular flexibility index (Phi) is 3.51. The van der Waals surface area contributed by atoms with Crippen LogP contribution in [-0.2, 0) is 9.59 Å². The third-order valence-electron chi connectivity index (χ3n) is 3.18. The zero-order valence-electron chi connectivity index (χ0n) is 9.68. The maximum atomic E-state index is 11.8. The molecule has 1 saturated carbocycles. The van der Waals surface area contributed by atoms with Crippen LogP contribution in [0.15, 0.2) is 4.99 Å². The third-order valence-corrected chi connectivity index (χ3v) is 3.56. The Morgan fingerprint density at radius 3 is 2.71 bits per heavy atom. The summed E-state index contributed by atoms with van der Waals surface area (Å²) in [6.07, 6.45) is 5.93. The maximum absolute atomic E-state index is 11.8. The van der Waals surface area contributed by atoms with Gasteiger partial charge in [-0.2, -0.15) is 0 Å². The SMILES string of the molecule is CN1C(=O)[C@H](C=NC2CCCC2)C(=O)NC1=S. The molecule has 1 atom stereocenters. The molecule has 6 heteroatoms. The van der Waals surface area contributed by atoms with E-state index in [1.807, 2.05) is 0 Å². The van der Waals surface area contributed by atoms with Gasteiger partial charge in [0.15, 0.2) is 11.0 Å². The number of carbonyl (C=O) groups excluding carboxylic acids is 2. The molecule has 1 saturated heterocycles. The second-order valence-corrected chi connectivity index (χ2v) is 4.79. The number of carbonyl (C=O) groups is 2. The van der Waals surface area contributed by atoms with E-state index in [0.29, 0.717) is 0 Å². The fraction of sp³-hybridized carbons (Fsp3) is 0.636. The molecule has 0 spiro atoms. The number of nitrogens with one attached hydrogen (secondary N) is 1. The number of thiocarbonyl (C=S) groups is 1. The number of hydrogen-bond donors (Lipinski definition) is 1. The molecule has 17 heavy (non-hydrogen) atoms. The molecular formula is C11H15N3O2S. The van der Waals surface area contributed by atoms with Crippen molar-refractivity contribution in [2.24, 2.45) is 10.9 Å². The lowest BCUT2D eigenvalue weighted by Crippen LogP contribution is -2.56. The molecule has 2 amide bonds. The van der Waals surface area contributed by atoms with Gasteiger partial charge in [-0.3, -0.25) is 19.5 Å². The van der Waals surface area contributed by atoms with Gasteiger partial charge in [0, 0.05) is 19.3 Å². The lowest BCUT2D eigenvalue weighted by Gasteiger charge is -2.27. The molecule has 1 N–H and O–H groups in total. The Hall–Kier alpha value is -1.30. The summed E-state index contributed by atoms with van der Waals surface area (Å²) in [4.78, 5) is 29.1. The summed E-state index contributed by atoms with van der Waals surface area (Å²) in [5.74, 6) is -1.51. The topological polar surface area (TPSA) is 61.8 Å². The van der Waals surface area contributed by atoms with Gasteiger partial charge in [-0.1, -0.05) is 12.8 Å². The molecule has 1 aliphatic carbocycles. The lowest BCUT2D eigenvalue weighted by molar-refractivity contribution is -0.137. The van der Waals surface area contributed by atoms with Gasteiger partial charge in [0.1, 0.15) is 0 Å². The Labute approximate surface area is 105 Å². The first-order valence-corrected chi connectivity index (χ1v) is 6.16. The monoisotopic (exact) mass is 253 g/mol. The summed E-state index contributed by atoms with van der Waals surface area (Å²) in [6, 6.07) is 0.273. The van der Waals surface area contributed by atoms with Gasteiger partial charge in [-0.15, -0.1) is 0 Å². The minimum atomic E-state index is -0.827. The molecule has 5 nitrogen and oxygen atoms in total. The van der Waals surface area contributed by atoms with Crippen LogP contribution in [0.3, 0.4) is 0 Å². The summed E-state index contributed by atoms with van der Waals surface area (Å²) in [7, 11) is 1.56. The third kappa shape index (κ3) is 2.52. The predicted molar refractivity (Wildman–Crippen MR) is 67.7 cm³/mol. The average Bonchev–Trinajstić information content (AvgIpc) is 2.79. The minimum absolute atomic E-state index is 0.158. The summed E-state index contributed by atoms with van der Waals surface area (Å²) in [6.45, 7) is 0. The van der Waals surface area contributed by atoms with Crippen LogP contribution in [0.4, 0.5) is 0 Å². The largest absolute Gasteiger partial charge is 0.302 e. The van der Waals surface area contributed by atoms with Crippen LogP contribution in [0.25, 0.3) is 0 Å². The number of aliphatic imine (C=N–C) groups is 1. The molecule has 0 bridgehead atoms. The van der Waals surface area contributed by atoms with E-state index in [1.165, 1.54) is 24.0 Å². The van der Waals surface area contributed by atoms with Gasteiger partial charge in [0.05, 0.1) is 0 Å². The van der Waals surface area contributed by atoms with Crippen molar-refractivity contribution in [3.63, 3.8) is 0 Å². The highest BCUT2D eigenvalue weighted by atomic mass is 32.1. The average molecular weight is 253 g/mol. The molecule has 92 valence electrons. The van der Waals surface area contributed by atoms with Gasteiger partial charge in [0.2, 0.25) is 11.8 Å². The molecule has 0 aromatic rings. The van der Waals surface area contributed by atoms with Crippen molar-refractivity contribution < 1.29 is 9.59 Å². The molecule has 0 unspecified atom stereocenters. The van der Waals surface area contributed by atoms with Crippen molar-refractivity contribution in [3.05, 3.63) is 0 Å². The van der Waals surface area contributed by atoms with Crippen LogP contribution in [0.1, 0.15) is 25.7 Å². The number of rotatable bonds is 2. The van der Waals surface area contributed by atoms with E-state index in [4.69, 9.17) is 12.2 Å². The highest BCUT2D eigenvalue weighted by Gasteiger charge is 2.35. The quantitative estimate of drug-likeness (QED) is 0.442. The van der Waals surface area contributed by atoms with Crippen LogP contribution in [0, 0.1) is 5.92 Å². The smallest absolute Gasteiger partial charge is 0.246 e. The van der Waals surface area contributed by atoms with Crippen LogP contribution in [-0.4, -0.2) is 41.1 Å². The summed E-state index contributed by atoms with van der Waals surface area (Å²) >= 11 is 4.86. The fourth-order valence-electron chi connectivity index (χ4n) is 2.08. The number of hydrogen-bond acceptors (Lipinski definition) is 4. The second-order valence-electron chi connectivity index (χ2n) is 4.41. The van der Waals surface area contributed by atoms with Crippen molar-refractivity contribution in [3.8, 4) is 0 Å². The van der Waals surface area contributed by atoms with Crippen LogP contribution in [0.2, 0.25) is 0 Å². The molecule has 0 aromatic carbocycles. The molecular weight excluding hydrogens is 238 g/mol. The normalized spacial score (nSPS) is 27.0. The van der Waals surface area contributed by atoms with Crippen molar-refractivity contribution in [1.82, 2.24) is 10.2 Å². The molecule has 0 radical (unpaired) electrons. The number of nitrogens with zero attached hydrogens (tertiary/aromatic N) is 2. The second kappa shape index (κ2) is 4.91. The van der Waals surface area contributed by atoms with E-state index in [-0.39, 0.29) is 23.0 Å². The standard InChI is InChI=1S/C11H15N3O2S/c1-14-10(16)8(9(15)13-11(14)17)6-12-7-4-2-3-5-7/h6-8H,2-5H2,1H3,(H,13,15,17)/t8-/m1/s1. The van der Waals surface area contributed by atoms with Gasteiger partial charge in [-0.25, -0.2) is 0 Å². The highest BCUT2D eigenvalue weighted by Crippen LogP contribution is 2.21. The molecule has 2 fully saturated rings. The molecule has 0 aromatic heterocycles. The Balaban J connectivity index is 2.06. The Morgan fingerprint density at radius 1 is 1.41 bits per heavy atom. The molecule has 1 aliphatic heterocycles. The van der Waals surface area contributed by atoms with Crippen LogP contribution < -0.4 is 5.32 Å². The fourth-order valence-corrected chi connectivity index (χ4v) is 2.27. The van der Waals surface area contributed by atoms with E-state index >= 15 is 0 Å². The minimum Gasteiger partial charge on any atom is -0.302 e. The number of amides is 2. The van der Waals surface area contributed by atoms with E-state index in [9.17, 15) is 9.59 Å². The zero-order chi connectivity index (χ0) is 12.4. The van der Waals surface area contributed by atoms with Gasteiger partial charge in [0.25, 0.3) is 0 Å². The Bertz CT molecular complexity index is 388. The van der Waals surface area contributed by atoms with E-state index < -0.39 is 5.92 Å². The van der Waals surface area contributed by atoms with Gasteiger partial charge in [-0.05, 0) is 25.1 Å². The van der Waals surface area contributed by atoms with E-state index in [1.54, 1.807) is 7.05 Å².